The van der Waals surface area contributed by atoms with Gasteiger partial charge in [0.15, 0.2) is 0 Å². The Labute approximate surface area is 138 Å². The largest absolute Gasteiger partial charge is 0.474 e. The minimum absolute atomic E-state index is 0.289. The van der Waals surface area contributed by atoms with Crippen molar-refractivity contribution in [3.63, 3.8) is 0 Å². The Kier molecular flexibility index (Phi) is 3.45. The van der Waals surface area contributed by atoms with Crippen LogP contribution in [-0.4, -0.2) is 30.2 Å². The van der Waals surface area contributed by atoms with Crippen LogP contribution in [0.2, 0.25) is 0 Å². The molecule has 0 radical (unpaired) electrons. The Morgan fingerprint density at radius 1 is 1.12 bits per heavy atom. The van der Waals surface area contributed by atoms with Gasteiger partial charge >= 0.3 is 0 Å². The molecule has 1 aliphatic rings. The maximum Gasteiger partial charge on any atom is 0.237 e. The van der Waals surface area contributed by atoms with Gasteiger partial charge in [-0.25, -0.2) is 14.4 Å². The van der Waals surface area contributed by atoms with E-state index in [1.807, 2.05) is 26.1 Å². The van der Waals surface area contributed by atoms with Gasteiger partial charge < -0.3 is 15.4 Å². The smallest absolute Gasteiger partial charge is 0.237 e. The molecule has 24 heavy (non-hydrogen) atoms. The topological polar surface area (TPSA) is 59.1 Å². The predicted octanol–water partition coefficient (Wildman–Crippen LogP) is 3.59. The van der Waals surface area contributed by atoms with Gasteiger partial charge in [-0.2, -0.15) is 0 Å². The fraction of sp³-hybridized carbons (Fsp3) is 0.222. The van der Waals surface area contributed by atoms with Crippen molar-refractivity contribution in [3.05, 3.63) is 42.0 Å². The Hall–Kier alpha value is -2.89. The zero-order valence-electron chi connectivity index (χ0n) is 13.5. The third-order valence-corrected chi connectivity index (χ3v) is 4.30. The van der Waals surface area contributed by atoms with E-state index >= 15 is 0 Å². The lowest BCUT2D eigenvalue weighted by Gasteiger charge is -2.21. The summed E-state index contributed by atoms with van der Waals surface area (Å²) in [5.41, 5.74) is 3.05. The molecule has 122 valence electrons. The first-order chi connectivity index (χ1) is 11.7. The number of rotatable bonds is 2. The molecule has 3 heterocycles. The number of pyridine rings is 2. The highest BCUT2D eigenvalue weighted by atomic mass is 19.1. The summed E-state index contributed by atoms with van der Waals surface area (Å²) in [6.45, 7) is 3.26. The summed E-state index contributed by atoms with van der Waals surface area (Å²) in [6.07, 6.45) is 3.34. The standard InChI is InChI=1S/C18H17FN4O/c1-10-14(9-23-18-17(10)21-3-4-24-18)13-5-11-7-16(20-2)22-8-12(11)6-15(13)19/h5-9,21H,3-4H2,1-2H3,(H,20,22). The molecule has 2 N–H and O–H groups in total. The third kappa shape index (κ3) is 2.31. The average Bonchev–Trinajstić information content (AvgIpc) is 2.62. The van der Waals surface area contributed by atoms with Gasteiger partial charge in [-0.15, -0.1) is 0 Å². The van der Waals surface area contributed by atoms with Gasteiger partial charge in [0.1, 0.15) is 23.9 Å². The summed E-state index contributed by atoms with van der Waals surface area (Å²) >= 11 is 0. The molecule has 1 aromatic carbocycles. The van der Waals surface area contributed by atoms with Gasteiger partial charge in [0, 0.05) is 42.5 Å². The zero-order chi connectivity index (χ0) is 16.7. The summed E-state index contributed by atoms with van der Waals surface area (Å²) in [6, 6.07) is 5.26. The molecule has 3 aromatic rings. The minimum atomic E-state index is -0.289. The number of benzene rings is 1. The highest BCUT2D eigenvalue weighted by Crippen LogP contribution is 2.37. The van der Waals surface area contributed by atoms with Crippen molar-refractivity contribution in [2.24, 2.45) is 0 Å². The van der Waals surface area contributed by atoms with Crippen molar-refractivity contribution in [2.75, 3.05) is 30.8 Å². The Morgan fingerprint density at radius 2 is 2.00 bits per heavy atom. The lowest BCUT2D eigenvalue weighted by atomic mass is 9.98. The van der Waals surface area contributed by atoms with Crippen LogP contribution in [0.3, 0.4) is 0 Å². The van der Waals surface area contributed by atoms with Crippen LogP contribution in [0.15, 0.2) is 30.6 Å². The van der Waals surface area contributed by atoms with E-state index in [-0.39, 0.29) is 5.82 Å². The number of halogens is 1. The molecule has 5 nitrogen and oxygen atoms in total. The second kappa shape index (κ2) is 5.63. The molecular weight excluding hydrogens is 307 g/mol. The molecule has 0 saturated carbocycles. The molecule has 0 saturated heterocycles. The quantitative estimate of drug-likeness (QED) is 0.754. The van der Waals surface area contributed by atoms with Crippen molar-refractivity contribution >= 4 is 22.3 Å². The van der Waals surface area contributed by atoms with E-state index in [1.54, 1.807) is 12.4 Å². The maximum absolute atomic E-state index is 14.7. The molecule has 0 unspecified atom stereocenters. The molecule has 6 heteroatoms. The Bertz CT molecular complexity index is 942. The number of hydrogen-bond acceptors (Lipinski definition) is 5. The molecule has 0 aliphatic carbocycles. The Morgan fingerprint density at radius 3 is 2.83 bits per heavy atom. The van der Waals surface area contributed by atoms with Crippen molar-refractivity contribution < 1.29 is 9.13 Å². The van der Waals surface area contributed by atoms with Crippen LogP contribution in [0, 0.1) is 12.7 Å². The van der Waals surface area contributed by atoms with Crippen molar-refractivity contribution in [1.82, 2.24) is 9.97 Å². The van der Waals surface area contributed by atoms with E-state index in [0.717, 1.165) is 39.9 Å². The first-order valence-electron chi connectivity index (χ1n) is 7.81. The second-order valence-corrected chi connectivity index (χ2v) is 5.75. The number of nitrogens with zero attached hydrogens (tertiary/aromatic N) is 2. The summed E-state index contributed by atoms with van der Waals surface area (Å²) in [5.74, 6) is 1.03. The highest BCUT2D eigenvalue weighted by molar-refractivity contribution is 5.90. The molecule has 0 atom stereocenters. The van der Waals surface area contributed by atoms with Gasteiger partial charge in [0.05, 0.1) is 0 Å². The summed E-state index contributed by atoms with van der Waals surface area (Å²) in [4.78, 5) is 8.56. The van der Waals surface area contributed by atoms with Gasteiger partial charge in [-0.1, -0.05) is 0 Å². The van der Waals surface area contributed by atoms with Gasteiger partial charge in [0.2, 0.25) is 5.88 Å². The molecule has 4 rings (SSSR count). The zero-order valence-corrected chi connectivity index (χ0v) is 13.5. The number of hydrogen-bond donors (Lipinski definition) is 2. The fourth-order valence-electron chi connectivity index (χ4n) is 3.00. The van der Waals surface area contributed by atoms with Gasteiger partial charge in [-0.05, 0) is 36.1 Å². The molecule has 0 amide bonds. The summed E-state index contributed by atoms with van der Waals surface area (Å²) < 4.78 is 20.2. The predicted molar refractivity (Wildman–Crippen MR) is 93.2 cm³/mol. The lowest BCUT2D eigenvalue weighted by Crippen LogP contribution is -2.20. The van der Waals surface area contributed by atoms with Crippen molar-refractivity contribution in [2.45, 2.75) is 6.92 Å². The first-order valence-corrected chi connectivity index (χ1v) is 7.81. The van der Waals surface area contributed by atoms with E-state index < -0.39 is 0 Å². The SMILES string of the molecule is CNc1cc2cc(-c3cnc4c(c3C)NCCO4)c(F)cc2cn1. The molecule has 1 aliphatic heterocycles. The highest BCUT2D eigenvalue weighted by Gasteiger charge is 2.19. The van der Waals surface area contributed by atoms with E-state index in [0.29, 0.717) is 18.1 Å². The number of aromatic nitrogens is 2. The molecule has 0 bridgehead atoms. The monoisotopic (exact) mass is 324 g/mol. The normalized spacial score (nSPS) is 13.1. The van der Waals surface area contributed by atoms with E-state index in [4.69, 9.17) is 4.74 Å². The van der Waals surface area contributed by atoms with Gasteiger partial charge in [-0.3, -0.25) is 0 Å². The third-order valence-electron chi connectivity index (χ3n) is 4.30. The molecule has 2 aromatic heterocycles. The number of ether oxygens (including phenoxy) is 1. The lowest BCUT2D eigenvalue weighted by molar-refractivity contribution is 0.310. The van der Waals surface area contributed by atoms with E-state index in [2.05, 4.69) is 20.6 Å². The maximum atomic E-state index is 14.7. The van der Waals surface area contributed by atoms with Crippen LogP contribution in [-0.2, 0) is 0 Å². The van der Waals surface area contributed by atoms with E-state index in [9.17, 15) is 4.39 Å². The van der Waals surface area contributed by atoms with Crippen LogP contribution in [0.1, 0.15) is 5.56 Å². The summed E-state index contributed by atoms with van der Waals surface area (Å²) in [7, 11) is 1.81. The van der Waals surface area contributed by atoms with Gasteiger partial charge in [0.25, 0.3) is 0 Å². The number of anilines is 2. The van der Waals surface area contributed by atoms with E-state index in [1.165, 1.54) is 6.07 Å². The van der Waals surface area contributed by atoms with Crippen LogP contribution in [0.4, 0.5) is 15.9 Å². The van der Waals surface area contributed by atoms with Crippen LogP contribution in [0.5, 0.6) is 5.88 Å². The van der Waals surface area contributed by atoms with Crippen LogP contribution in [0.25, 0.3) is 21.9 Å². The minimum Gasteiger partial charge on any atom is -0.474 e. The van der Waals surface area contributed by atoms with Crippen molar-refractivity contribution in [1.29, 1.82) is 0 Å². The van der Waals surface area contributed by atoms with Crippen molar-refractivity contribution in [3.8, 4) is 17.0 Å². The molecular formula is C18H17FN4O. The second-order valence-electron chi connectivity index (χ2n) is 5.75. The number of nitrogens with one attached hydrogen (secondary N) is 2. The first kappa shape index (κ1) is 14.7. The Balaban J connectivity index is 1.91. The fourth-order valence-corrected chi connectivity index (χ4v) is 3.00. The summed E-state index contributed by atoms with van der Waals surface area (Å²) in [5, 5.41) is 7.97. The van der Waals surface area contributed by atoms with Crippen LogP contribution < -0.4 is 15.4 Å². The number of fused-ring (bicyclic) bond motifs is 2. The average molecular weight is 324 g/mol. The van der Waals surface area contributed by atoms with Crippen LogP contribution >= 0.6 is 0 Å². The molecule has 0 spiro atoms. The molecule has 0 fully saturated rings.